The van der Waals surface area contributed by atoms with Crippen LogP contribution in [0, 0.1) is 6.92 Å². The molecular formula is C19H16N6O2. The number of H-pyrrole nitrogens is 1. The average Bonchev–Trinajstić information content (AvgIpc) is 3.31. The Morgan fingerprint density at radius 3 is 2.81 bits per heavy atom. The van der Waals surface area contributed by atoms with E-state index in [-0.39, 0.29) is 11.5 Å². The minimum atomic E-state index is -0.242. The lowest BCUT2D eigenvalue weighted by Gasteiger charge is -1.99. The van der Waals surface area contributed by atoms with Gasteiger partial charge in [-0.1, -0.05) is 18.2 Å². The third kappa shape index (κ3) is 3.69. The monoisotopic (exact) mass is 360 g/mol. The molecule has 0 bridgehead atoms. The second kappa shape index (κ2) is 7.12. The maximum Gasteiger partial charge on any atom is 0.252 e. The Hall–Kier alpha value is -3.94. The van der Waals surface area contributed by atoms with Gasteiger partial charge >= 0.3 is 0 Å². The minimum Gasteiger partial charge on any atom is -0.463 e. The molecule has 0 saturated carbocycles. The van der Waals surface area contributed by atoms with Crippen LogP contribution in [0.1, 0.15) is 11.3 Å². The molecule has 0 aliphatic rings. The van der Waals surface area contributed by atoms with Crippen molar-refractivity contribution >= 4 is 12.2 Å². The number of rotatable bonds is 5. The molecule has 0 aliphatic heterocycles. The van der Waals surface area contributed by atoms with Gasteiger partial charge in [0.25, 0.3) is 5.56 Å². The van der Waals surface area contributed by atoms with Crippen LogP contribution in [0.3, 0.4) is 0 Å². The summed E-state index contributed by atoms with van der Waals surface area (Å²) in [6, 6.07) is 14.8. The van der Waals surface area contributed by atoms with E-state index in [1.54, 1.807) is 30.1 Å². The van der Waals surface area contributed by atoms with Crippen molar-refractivity contribution in [2.45, 2.75) is 6.92 Å². The Morgan fingerprint density at radius 2 is 2.07 bits per heavy atom. The highest BCUT2D eigenvalue weighted by Gasteiger charge is 2.13. The van der Waals surface area contributed by atoms with Gasteiger partial charge in [0.15, 0.2) is 5.76 Å². The van der Waals surface area contributed by atoms with Crippen molar-refractivity contribution in [3.8, 4) is 17.1 Å². The number of aromatic amines is 1. The average molecular weight is 360 g/mol. The predicted octanol–water partition coefficient (Wildman–Crippen LogP) is 2.97. The van der Waals surface area contributed by atoms with Gasteiger partial charge in [0.05, 0.1) is 18.2 Å². The van der Waals surface area contributed by atoms with Crippen molar-refractivity contribution in [1.29, 1.82) is 0 Å². The normalized spacial score (nSPS) is 11.1. The van der Waals surface area contributed by atoms with E-state index in [1.807, 2.05) is 42.6 Å². The SMILES string of the molecule is Cc1cc(=O)[nH]c(N/N=C\c2cn(-c3ccccc3)nc2-c2ccco2)n1. The highest BCUT2D eigenvalue weighted by molar-refractivity contribution is 5.88. The lowest BCUT2D eigenvalue weighted by atomic mass is 10.2. The van der Waals surface area contributed by atoms with Crippen molar-refractivity contribution < 1.29 is 4.42 Å². The van der Waals surface area contributed by atoms with Crippen LogP contribution in [0.25, 0.3) is 17.1 Å². The Labute approximate surface area is 154 Å². The van der Waals surface area contributed by atoms with Gasteiger partial charge in [-0.25, -0.2) is 15.1 Å². The number of hydrogen-bond acceptors (Lipinski definition) is 6. The summed E-state index contributed by atoms with van der Waals surface area (Å²) >= 11 is 0. The predicted molar refractivity (Wildman–Crippen MR) is 102 cm³/mol. The lowest BCUT2D eigenvalue weighted by molar-refractivity contribution is 0.579. The summed E-state index contributed by atoms with van der Waals surface area (Å²) in [5.41, 5.74) is 5.41. The van der Waals surface area contributed by atoms with Crippen LogP contribution < -0.4 is 11.0 Å². The fraction of sp³-hybridized carbons (Fsp3) is 0.0526. The summed E-state index contributed by atoms with van der Waals surface area (Å²) < 4.78 is 7.24. The van der Waals surface area contributed by atoms with Gasteiger partial charge in [0.2, 0.25) is 5.95 Å². The summed E-state index contributed by atoms with van der Waals surface area (Å²) in [6.07, 6.45) is 5.05. The third-order valence-corrected chi connectivity index (χ3v) is 3.76. The maximum atomic E-state index is 11.5. The molecule has 27 heavy (non-hydrogen) atoms. The Balaban J connectivity index is 1.66. The standard InChI is InChI=1S/C19H16N6O2/c1-13-10-17(26)22-19(21-13)23-20-11-14-12-25(15-6-3-2-4-7-15)24-18(14)16-8-5-9-27-16/h2-12H,1H3,(H2,21,22,23,26)/b20-11-. The van der Waals surface area contributed by atoms with Crippen LogP contribution in [0.5, 0.6) is 0 Å². The lowest BCUT2D eigenvalue weighted by Crippen LogP contribution is -2.10. The van der Waals surface area contributed by atoms with Gasteiger partial charge < -0.3 is 4.42 Å². The molecule has 0 fully saturated rings. The molecule has 0 spiro atoms. The van der Waals surface area contributed by atoms with Gasteiger partial charge in [-0.3, -0.25) is 9.78 Å². The van der Waals surface area contributed by atoms with E-state index in [2.05, 4.69) is 25.6 Å². The van der Waals surface area contributed by atoms with Crippen LogP contribution in [-0.2, 0) is 0 Å². The summed E-state index contributed by atoms with van der Waals surface area (Å²) in [5.74, 6) is 0.902. The number of aryl methyl sites for hydroxylation is 1. The molecule has 4 aromatic rings. The van der Waals surface area contributed by atoms with Crippen molar-refractivity contribution in [2.75, 3.05) is 5.43 Å². The number of hydrogen-bond donors (Lipinski definition) is 2. The minimum absolute atomic E-state index is 0.242. The fourth-order valence-electron chi connectivity index (χ4n) is 2.59. The van der Waals surface area contributed by atoms with E-state index in [0.717, 1.165) is 11.3 Å². The van der Waals surface area contributed by atoms with Gasteiger partial charge in [0, 0.05) is 23.5 Å². The Morgan fingerprint density at radius 1 is 1.22 bits per heavy atom. The van der Waals surface area contributed by atoms with E-state index in [0.29, 0.717) is 17.1 Å². The van der Waals surface area contributed by atoms with E-state index >= 15 is 0 Å². The molecule has 3 aromatic heterocycles. The van der Waals surface area contributed by atoms with E-state index in [1.165, 1.54) is 6.07 Å². The number of nitrogens with one attached hydrogen (secondary N) is 2. The molecule has 3 heterocycles. The summed E-state index contributed by atoms with van der Waals surface area (Å²) in [7, 11) is 0. The molecule has 0 aliphatic carbocycles. The second-order valence-electron chi connectivity index (χ2n) is 5.80. The number of hydrazone groups is 1. The number of nitrogens with zero attached hydrogens (tertiary/aromatic N) is 4. The van der Waals surface area contributed by atoms with E-state index in [4.69, 9.17) is 4.42 Å². The Bertz CT molecular complexity index is 1130. The van der Waals surface area contributed by atoms with Gasteiger partial charge in [-0.05, 0) is 31.2 Å². The number of furan rings is 1. The first-order valence-corrected chi connectivity index (χ1v) is 8.25. The van der Waals surface area contributed by atoms with Crippen molar-refractivity contribution in [3.63, 3.8) is 0 Å². The van der Waals surface area contributed by atoms with Gasteiger partial charge in [-0.2, -0.15) is 10.2 Å². The maximum absolute atomic E-state index is 11.5. The number of anilines is 1. The second-order valence-corrected chi connectivity index (χ2v) is 5.80. The van der Waals surface area contributed by atoms with Crippen LogP contribution in [0.15, 0.2) is 75.3 Å². The first-order chi connectivity index (χ1) is 13.2. The molecule has 0 radical (unpaired) electrons. The quantitative estimate of drug-likeness (QED) is 0.421. The van der Waals surface area contributed by atoms with Crippen molar-refractivity contribution in [2.24, 2.45) is 5.10 Å². The summed E-state index contributed by atoms with van der Waals surface area (Å²) in [5, 5.41) is 8.78. The number of benzene rings is 1. The molecule has 0 atom stereocenters. The molecule has 0 amide bonds. The molecule has 1 aromatic carbocycles. The van der Waals surface area contributed by atoms with Crippen molar-refractivity contribution in [3.05, 3.63) is 82.6 Å². The summed E-state index contributed by atoms with van der Waals surface area (Å²) in [4.78, 5) is 18.2. The molecule has 0 unspecified atom stereocenters. The van der Waals surface area contributed by atoms with Crippen LogP contribution >= 0.6 is 0 Å². The van der Waals surface area contributed by atoms with Crippen molar-refractivity contribution in [1.82, 2.24) is 19.7 Å². The third-order valence-electron chi connectivity index (χ3n) is 3.76. The summed E-state index contributed by atoms with van der Waals surface area (Å²) in [6.45, 7) is 1.74. The zero-order valence-corrected chi connectivity index (χ0v) is 14.5. The van der Waals surface area contributed by atoms with Crippen LogP contribution in [-0.4, -0.2) is 26.0 Å². The van der Waals surface area contributed by atoms with E-state index in [9.17, 15) is 4.79 Å². The molecule has 8 heteroatoms. The zero-order chi connectivity index (χ0) is 18.6. The smallest absolute Gasteiger partial charge is 0.252 e. The van der Waals surface area contributed by atoms with Gasteiger partial charge in [-0.15, -0.1) is 0 Å². The molecular weight excluding hydrogens is 344 g/mol. The highest BCUT2D eigenvalue weighted by atomic mass is 16.3. The fourth-order valence-corrected chi connectivity index (χ4v) is 2.59. The first-order valence-electron chi connectivity index (χ1n) is 8.25. The molecule has 4 rings (SSSR count). The highest BCUT2D eigenvalue weighted by Crippen LogP contribution is 2.23. The van der Waals surface area contributed by atoms with E-state index < -0.39 is 0 Å². The topological polar surface area (TPSA) is 101 Å². The molecule has 0 saturated heterocycles. The number of aromatic nitrogens is 4. The molecule has 8 nitrogen and oxygen atoms in total. The number of para-hydroxylation sites is 1. The molecule has 2 N–H and O–H groups in total. The van der Waals surface area contributed by atoms with Crippen LogP contribution in [0.2, 0.25) is 0 Å². The first kappa shape index (κ1) is 16.5. The zero-order valence-electron chi connectivity index (χ0n) is 14.5. The van der Waals surface area contributed by atoms with Gasteiger partial charge in [0.1, 0.15) is 5.69 Å². The van der Waals surface area contributed by atoms with Crippen LogP contribution in [0.4, 0.5) is 5.95 Å². The largest absolute Gasteiger partial charge is 0.463 e. The molecule has 134 valence electrons. The Kier molecular flexibility index (Phi) is 4.36.